The van der Waals surface area contributed by atoms with Gasteiger partial charge in [0.25, 0.3) is 0 Å². The van der Waals surface area contributed by atoms with Crippen molar-refractivity contribution in [1.82, 2.24) is 0 Å². The highest BCUT2D eigenvalue weighted by Gasteiger charge is 2.25. The van der Waals surface area contributed by atoms with Crippen LogP contribution in [0, 0.1) is 5.92 Å². The van der Waals surface area contributed by atoms with Crippen LogP contribution < -0.4 is 10.5 Å². The lowest BCUT2D eigenvalue weighted by molar-refractivity contribution is 0.181. The highest BCUT2D eigenvalue weighted by molar-refractivity contribution is 9.10. The molecule has 1 saturated heterocycles. The van der Waals surface area contributed by atoms with Gasteiger partial charge in [-0.2, -0.15) is 0 Å². The molecule has 2 rings (SSSR count). The summed E-state index contributed by atoms with van der Waals surface area (Å²) in [6, 6.07) is 5.94. The molecule has 0 saturated carbocycles. The molecule has 1 aliphatic heterocycles. The Hall–Kier alpha value is -0.580. The predicted molar refractivity (Wildman–Crippen MR) is 66.5 cm³/mol. The van der Waals surface area contributed by atoms with Gasteiger partial charge in [0, 0.05) is 23.0 Å². The predicted octanol–water partition coefficient (Wildman–Crippen LogP) is 2.49. The van der Waals surface area contributed by atoms with Crippen LogP contribution in [0.3, 0.4) is 0 Å². The SMILES string of the molecule is COc1ccc(C(N)C2CCOC2)c(Br)c1. The fourth-order valence-corrected chi connectivity index (χ4v) is 2.62. The second-order valence-electron chi connectivity index (χ2n) is 4.04. The average molecular weight is 286 g/mol. The molecule has 0 amide bonds. The zero-order chi connectivity index (χ0) is 11.5. The van der Waals surface area contributed by atoms with Crippen molar-refractivity contribution < 1.29 is 9.47 Å². The van der Waals surface area contributed by atoms with E-state index in [-0.39, 0.29) is 6.04 Å². The Morgan fingerprint density at radius 3 is 2.94 bits per heavy atom. The summed E-state index contributed by atoms with van der Waals surface area (Å²) in [6.45, 7) is 1.59. The maximum atomic E-state index is 6.24. The molecule has 3 nitrogen and oxygen atoms in total. The van der Waals surface area contributed by atoms with Crippen molar-refractivity contribution in [3.8, 4) is 5.75 Å². The van der Waals surface area contributed by atoms with Gasteiger partial charge in [0.1, 0.15) is 5.75 Å². The molecule has 2 N–H and O–H groups in total. The Bertz CT molecular complexity index is 364. The molecule has 0 spiro atoms. The monoisotopic (exact) mass is 285 g/mol. The molecule has 0 aliphatic carbocycles. The highest BCUT2D eigenvalue weighted by Crippen LogP contribution is 2.33. The van der Waals surface area contributed by atoms with E-state index in [1.165, 1.54) is 0 Å². The minimum atomic E-state index is 0.0304. The average Bonchev–Trinajstić information content (AvgIpc) is 2.81. The van der Waals surface area contributed by atoms with Crippen LogP contribution in [0.4, 0.5) is 0 Å². The minimum Gasteiger partial charge on any atom is -0.497 e. The van der Waals surface area contributed by atoms with E-state index >= 15 is 0 Å². The van der Waals surface area contributed by atoms with E-state index in [2.05, 4.69) is 15.9 Å². The zero-order valence-corrected chi connectivity index (χ0v) is 10.9. The molecular formula is C12H16BrNO2. The van der Waals surface area contributed by atoms with Crippen LogP contribution >= 0.6 is 15.9 Å². The van der Waals surface area contributed by atoms with Gasteiger partial charge in [-0.3, -0.25) is 0 Å². The van der Waals surface area contributed by atoms with Crippen LogP contribution in [0.25, 0.3) is 0 Å². The first-order chi connectivity index (χ1) is 7.72. The first-order valence-corrected chi connectivity index (χ1v) is 6.18. The molecule has 1 aliphatic rings. The Labute approximate surface area is 104 Å². The molecule has 1 aromatic rings. The van der Waals surface area contributed by atoms with E-state index in [4.69, 9.17) is 15.2 Å². The van der Waals surface area contributed by atoms with Crippen LogP contribution in [-0.4, -0.2) is 20.3 Å². The summed E-state index contributed by atoms with van der Waals surface area (Å²) in [7, 11) is 1.66. The lowest BCUT2D eigenvalue weighted by atomic mass is 9.93. The van der Waals surface area contributed by atoms with Crippen molar-refractivity contribution in [1.29, 1.82) is 0 Å². The number of hydrogen-bond donors (Lipinski definition) is 1. The van der Waals surface area contributed by atoms with Gasteiger partial charge in [-0.15, -0.1) is 0 Å². The van der Waals surface area contributed by atoms with Gasteiger partial charge in [-0.1, -0.05) is 22.0 Å². The second-order valence-corrected chi connectivity index (χ2v) is 4.89. The van der Waals surface area contributed by atoms with Gasteiger partial charge in [0.15, 0.2) is 0 Å². The number of ether oxygens (including phenoxy) is 2. The molecule has 0 bridgehead atoms. The Kier molecular flexibility index (Phi) is 3.84. The fraction of sp³-hybridized carbons (Fsp3) is 0.500. The van der Waals surface area contributed by atoms with Crippen molar-refractivity contribution in [3.05, 3.63) is 28.2 Å². The molecule has 1 heterocycles. The Morgan fingerprint density at radius 1 is 1.56 bits per heavy atom. The van der Waals surface area contributed by atoms with Crippen molar-refractivity contribution >= 4 is 15.9 Å². The van der Waals surface area contributed by atoms with Gasteiger partial charge >= 0.3 is 0 Å². The van der Waals surface area contributed by atoms with E-state index in [9.17, 15) is 0 Å². The molecule has 2 atom stereocenters. The normalized spacial score (nSPS) is 22.1. The minimum absolute atomic E-state index is 0.0304. The van der Waals surface area contributed by atoms with Crippen LogP contribution in [0.1, 0.15) is 18.0 Å². The Balaban J connectivity index is 2.19. The first-order valence-electron chi connectivity index (χ1n) is 5.39. The number of methoxy groups -OCH3 is 1. The van der Waals surface area contributed by atoms with Crippen molar-refractivity contribution in [3.63, 3.8) is 0 Å². The third-order valence-corrected chi connectivity index (χ3v) is 3.73. The number of rotatable bonds is 3. The summed E-state index contributed by atoms with van der Waals surface area (Å²) in [5.74, 6) is 1.26. The fourth-order valence-electron chi connectivity index (χ4n) is 2.00. The molecule has 0 aromatic heterocycles. The molecule has 0 radical (unpaired) electrons. The molecule has 88 valence electrons. The Morgan fingerprint density at radius 2 is 2.38 bits per heavy atom. The van der Waals surface area contributed by atoms with E-state index in [1.807, 2.05) is 18.2 Å². The standard InChI is InChI=1S/C12H16BrNO2/c1-15-9-2-3-10(11(13)6-9)12(14)8-4-5-16-7-8/h2-3,6,8,12H,4-5,7,14H2,1H3. The van der Waals surface area contributed by atoms with Crippen LogP contribution in [0.5, 0.6) is 5.75 Å². The molecule has 1 fully saturated rings. The smallest absolute Gasteiger partial charge is 0.120 e. The molecule has 4 heteroatoms. The lowest BCUT2D eigenvalue weighted by Gasteiger charge is -2.19. The number of halogens is 1. The second kappa shape index (κ2) is 5.17. The zero-order valence-electron chi connectivity index (χ0n) is 9.28. The van der Waals surface area contributed by atoms with E-state index in [0.29, 0.717) is 5.92 Å². The number of hydrogen-bond acceptors (Lipinski definition) is 3. The largest absolute Gasteiger partial charge is 0.497 e. The first kappa shape index (κ1) is 11.9. The summed E-state index contributed by atoms with van der Waals surface area (Å²) in [6.07, 6.45) is 1.04. The summed E-state index contributed by atoms with van der Waals surface area (Å²) >= 11 is 3.53. The van der Waals surface area contributed by atoms with Gasteiger partial charge in [-0.25, -0.2) is 0 Å². The van der Waals surface area contributed by atoms with Crippen molar-refractivity contribution in [2.45, 2.75) is 12.5 Å². The molecule has 1 aromatic carbocycles. The summed E-state index contributed by atoms with van der Waals surface area (Å²) in [4.78, 5) is 0. The maximum absolute atomic E-state index is 6.24. The molecular weight excluding hydrogens is 270 g/mol. The van der Waals surface area contributed by atoms with E-state index < -0.39 is 0 Å². The molecule has 2 unspecified atom stereocenters. The topological polar surface area (TPSA) is 44.5 Å². The van der Waals surface area contributed by atoms with Gasteiger partial charge in [-0.05, 0) is 24.1 Å². The van der Waals surface area contributed by atoms with Crippen LogP contribution in [0.2, 0.25) is 0 Å². The van der Waals surface area contributed by atoms with Crippen LogP contribution in [0.15, 0.2) is 22.7 Å². The van der Waals surface area contributed by atoms with Crippen molar-refractivity contribution in [2.75, 3.05) is 20.3 Å². The van der Waals surface area contributed by atoms with Gasteiger partial charge in [0.2, 0.25) is 0 Å². The van der Waals surface area contributed by atoms with E-state index in [1.54, 1.807) is 7.11 Å². The third kappa shape index (κ3) is 2.39. The molecule has 16 heavy (non-hydrogen) atoms. The lowest BCUT2D eigenvalue weighted by Crippen LogP contribution is -2.22. The summed E-state index contributed by atoms with van der Waals surface area (Å²) < 4.78 is 11.5. The van der Waals surface area contributed by atoms with Crippen molar-refractivity contribution in [2.24, 2.45) is 11.7 Å². The maximum Gasteiger partial charge on any atom is 0.120 e. The van der Waals surface area contributed by atoms with E-state index in [0.717, 1.165) is 35.4 Å². The third-order valence-electron chi connectivity index (χ3n) is 3.04. The number of benzene rings is 1. The highest BCUT2D eigenvalue weighted by atomic mass is 79.9. The summed E-state index contributed by atoms with van der Waals surface area (Å²) in [5, 5.41) is 0. The van der Waals surface area contributed by atoms with Crippen LogP contribution in [-0.2, 0) is 4.74 Å². The quantitative estimate of drug-likeness (QED) is 0.928. The number of nitrogens with two attached hydrogens (primary N) is 1. The van der Waals surface area contributed by atoms with Gasteiger partial charge < -0.3 is 15.2 Å². The van der Waals surface area contributed by atoms with Gasteiger partial charge in [0.05, 0.1) is 13.7 Å². The summed E-state index contributed by atoms with van der Waals surface area (Å²) in [5.41, 5.74) is 7.36.